The summed E-state index contributed by atoms with van der Waals surface area (Å²) >= 11 is 0. The highest BCUT2D eigenvalue weighted by Gasteiger charge is 2.57. The Kier molecular flexibility index (Phi) is 5.38. The van der Waals surface area contributed by atoms with Crippen molar-refractivity contribution in [1.82, 2.24) is 0 Å². The number of nitrogens with zero attached hydrogens (tertiary/aromatic N) is 1. The lowest BCUT2D eigenvalue weighted by Crippen LogP contribution is -2.40. The molecule has 1 fully saturated rings. The van der Waals surface area contributed by atoms with Crippen LogP contribution in [0.4, 0.5) is 0 Å². The zero-order chi connectivity index (χ0) is 13.8. The Morgan fingerprint density at radius 2 is 1.83 bits per heavy atom. The van der Waals surface area contributed by atoms with Crippen LogP contribution in [-0.4, -0.2) is 44.6 Å². The highest BCUT2D eigenvalue weighted by atomic mass is 28.4. The van der Waals surface area contributed by atoms with Gasteiger partial charge in [0.05, 0.1) is 13.1 Å². The van der Waals surface area contributed by atoms with Gasteiger partial charge in [0.2, 0.25) is 0 Å². The fraction of sp³-hybridized carbons (Fsp3) is 0.733. The maximum atomic E-state index is 6.40. The summed E-state index contributed by atoms with van der Waals surface area (Å²) in [5.74, 6) is 0. The van der Waals surface area contributed by atoms with Gasteiger partial charge in [0.25, 0.3) is 0 Å². The molecule has 2 nitrogen and oxygen atoms in total. The Labute approximate surface area is 114 Å². The van der Waals surface area contributed by atoms with Crippen molar-refractivity contribution in [2.24, 2.45) is 0 Å². The van der Waals surface area contributed by atoms with Gasteiger partial charge in [-0.1, -0.05) is 26.5 Å². The predicted molar refractivity (Wildman–Crippen MR) is 82.2 cm³/mol. The van der Waals surface area contributed by atoms with Crippen LogP contribution in [0.25, 0.3) is 0 Å². The molecule has 1 rings (SSSR count). The molecule has 0 radical (unpaired) electrons. The Hall–Kier alpha value is -0.383. The third-order valence-corrected chi connectivity index (χ3v) is 4.62. The van der Waals surface area contributed by atoms with E-state index in [2.05, 4.69) is 39.7 Å². The molecule has 0 aromatic carbocycles. The van der Waals surface area contributed by atoms with Gasteiger partial charge < -0.3 is 8.91 Å². The van der Waals surface area contributed by atoms with E-state index in [0.29, 0.717) is 12.1 Å². The summed E-state index contributed by atoms with van der Waals surface area (Å²) in [6, 6.07) is 0.660. The average Bonchev–Trinajstić information content (AvgIpc) is 2.91. The van der Waals surface area contributed by atoms with Crippen LogP contribution in [0, 0.1) is 0 Å². The summed E-state index contributed by atoms with van der Waals surface area (Å²) in [5, 5.41) is 0. The summed E-state index contributed by atoms with van der Waals surface area (Å²) in [4.78, 5) is 0. The van der Waals surface area contributed by atoms with Gasteiger partial charge in [-0.25, -0.2) is 0 Å². The lowest BCUT2D eigenvalue weighted by atomic mass is 10.1. The SMILES string of the molecule is C=CC[N+]1(CC=C)C[C@H]1[C@@H](CCC)O[Si](C)(C)C. The van der Waals surface area contributed by atoms with Crippen molar-refractivity contribution in [3.05, 3.63) is 25.3 Å². The molecule has 1 aliphatic heterocycles. The summed E-state index contributed by atoms with van der Waals surface area (Å²) in [6.07, 6.45) is 6.90. The Bertz CT molecular complexity index is 285. The Balaban J connectivity index is 2.70. The van der Waals surface area contributed by atoms with Crippen LogP contribution in [0.3, 0.4) is 0 Å². The Morgan fingerprint density at radius 3 is 2.22 bits per heavy atom. The molecule has 0 saturated carbocycles. The van der Waals surface area contributed by atoms with Crippen LogP contribution in [0.1, 0.15) is 19.8 Å². The fourth-order valence-corrected chi connectivity index (χ4v) is 4.06. The first-order valence-electron chi connectivity index (χ1n) is 7.14. The van der Waals surface area contributed by atoms with Crippen molar-refractivity contribution in [1.29, 1.82) is 0 Å². The van der Waals surface area contributed by atoms with Gasteiger partial charge in [0, 0.05) is 0 Å². The van der Waals surface area contributed by atoms with E-state index >= 15 is 0 Å². The monoisotopic (exact) mass is 268 g/mol. The van der Waals surface area contributed by atoms with E-state index in [0.717, 1.165) is 17.6 Å². The second kappa shape index (κ2) is 6.18. The maximum Gasteiger partial charge on any atom is 0.184 e. The van der Waals surface area contributed by atoms with E-state index in [-0.39, 0.29) is 0 Å². The third kappa shape index (κ3) is 4.07. The summed E-state index contributed by atoms with van der Waals surface area (Å²) in [7, 11) is -1.45. The van der Waals surface area contributed by atoms with Crippen LogP contribution in [0.15, 0.2) is 25.3 Å². The van der Waals surface area contributed by atoms with Gasteiger partial charge in [-0.15, -0.1) is 0 Å². The molecule has 104 valence electrons. The largest absolute Gasteiger partial charge is 0.408 e. The third-order valence-electron chi connectivity index (χ3n) is 3.61. The normalized spacial score (nSPS) is 23.4. The minimum absolute atomic E-state index is 0.432. The molecule has 0 spiro atoms. The molecule has 0 amide bonds. The molecule has 1 saturated heterocycles. The highest BCUT2D eigenvalue weighted by molar-refractivity contribution is 6.69. The first-order chi connectivity index (χ1) is 8.38. The number of quaternary nitrogens is 1. The fourth-order valence-electron chi connectivity index (χ4n) is 2.87. The highest BCUT2D eigenvalue weighted by Crippen LogP contribution is 2.37. The molecule has 0 unspecified atom stereocenters. The van der Waals surface area contributed by atoms with Crippen molar-refractivity contribution >= 4 is 8.32 Å². The molecule has 1 heterocycles. The topological polar surface area (TPSA) is 9.23 Å². The molecule has 0 aromatic rings. The molecule has 0 bridgehead atoms. The Morgan fingerprint density at radius 1 is 1.28 bits per heavy atom. The van der Waals surface area contributed by atoms with Crippen LogP contribution in [0.2, 0.25) is 19.6 Å². The summed E-state index contributed by atoms with van der Waals surface area (Å²) < 4.78 is 7.52. The molecule has 18 heavy (non-hydrogen) atoms. The second-order valence-electron chi connectivity index (χ2n) is 6.47. The smallest absolute Gasteiger partial charge is 0.184 e. The minimum atomic E-state index is -1.45. The summed E-state index contributed by atoms with van der Waals surface area (Å²) in [6.45, 7) is 20.2. The first-order valence-corrected chi connectivity index (χ1v) is 10.5. The number of hydrogen-bond donors (Lipinski definition) is 0. The maximum absolute atomic E-state index is 6.40. The number of hydrogen-bond acceptors (Lipinski definition) is 1. The lowest BCUT2D eigenvalue weighted by Gasteiger charge is -2.27. The molecule has 2 atom stereocenters. The van der Waals surface area contributed by atoms with E-state index in [1.54, 1.807) is 0 Å². The molecular formula is C15H30NOSi+. The van der Waals surface area contributed by atoms with Gasteiger partial charge in [-0.3, -0.25) is 0 Å². The van der Waals surface area contributed by atoms with Gasteiger partial charge in [0.15, 0.2) is 14.4 Å². The van der Waals surface area contributed by atoms with E-state index in [1.807, 2.05) is 12.2 Å². The molecule has 1 aliphatic rings. The van der Waals surface area contributed by atoms with Crippen LogP contribution in [0.5, 0.6) is 0 Å². The molecule has 0 aromatic heterocycles. The lowest BCUT2D eigenvalue weighted by molar-refractivity contribution is -0.803. The van der Waals surface area contributed by atoms with Crippen molar-refractivity contribution < 1.29 is 8.91 Å². The van der Waals surface area contributed by atoms with Gasteiger partial charge in [0.1, 0.15) is 12.6 Å². The molecule has 0 N–H and O–H groups in total. The van der Waals surface area contributed by atoms with Crippen molar-refractivity contribution in [2.75, 3.05) is 19.6 Å². The van der Waals surface area contributed by atoms with Crippen LogP contribution < -0.4 is 0 Å². The quantitative estimate of drug-likeness (QED) is 0.269. The molecular weight excluding hydrogens is 238 g/mol. The van der Waals surface area contributed by atoms with E-state index in [4.69, 9.17) is 4.43 Å². The molecule has 0 aliphatic carbocycles. The first kappa shape index (κ1) is 15.7. The van der Waals surface area contributed by atoms with Crippen molar-refractivity contribution in [3.8, 4) is 0 Å². The number of rotatable bonds is 9. The standard InChI is InChI=1S/C15H30NOSi/c1-7-10-15(17-18(4,5)6)14-13-16(14,11-8-2)12-9-3/h8-9,14-15H,2-3,7,10-13H2,1,4-6H3/q+1/t14-,15+/m0/s1. The van der Waals surface area contributed by atoms with E-state index in [1.165, 1.54) is 19.4 Å². The zero-order valence-corrected chi connectivity index (χ0v) is 13.6. The summed E-state index contributed by atoms with van der Waals surface area (Å²) in [5.41, 5.74) is 0. The van der Waals surface area contributed by atoms with Gasteiger partial charge >= 0.3 is 0 Å². The van der Waals surface area contributed by atoms with Crippen LogP contribution >= 0.6 is 0 Å². The second-order valence-corrected chi connectivity index (χ2v) is 10.9. The average molecular weight is 268 g/mol. The predicted octanol–water partition coefficient (Wildman–Crippen LogP) is 3.58. The molecule has 3 heteroatoms. The van der Waals surface area contributed by atoms with E-state index in [9.17, 15) is 0 Å². The van der Waals surface area contributed by atoms with Crippen LogP contribution in [-0.2, 0) is 4.43 Å². The zero-order valence-electron chi connectivity index (χ0n) is 12.6. The van der Waals surface area contributed by atoms with Crippen molar-refractivity contribution in [3.63, 3.8) is 0 Å². The minimum Gasteiger partial charge on any atom is -0.408 e. The van der Waals surface area contributed by atoms with E-state index < -0.39 is 8.32 Å². The van der Waals surface area contributed by atoms with Gasteiger partial charge in [-0.05, 0) is 38.2 Å². The van der Waals surface area contributed by atoms with Gasteiger partial charge in [-0.2, -0.15) is 0 Å². The van der Waals surface area contributed by atoms with Crippen molar-refractivity contribution in [2.45, 2.75) is 51.6 Å².